The van der Waals surface area contributed by atoms with Gasteiger partial charge in [-0.05, 0) is 56.0 Å². The van der Waals surface area contributed by atoms with Crippen LogP contribution in [0, 0.1) is 19.8 Å². The van der Waals surface area contributed by atoms with Crippen molar-refractivity contribution in [1.82, 2.24) is 25.0 Å². The molecular formula is C28H37N5O2. The lowest BCUT2D eigenvalue weighted by molar-refractivity contribution is 0.0928. The summed E-state index contributed by atoms with van der Waals surface area (Å²) in [5.41, 5.74) is 4.10. The van der Waals surface area contributed by atoms with Crippen molar-refractivity contribution in [1.29, 1.82) is 0 Å². The van der Waals surface area contributed by atoms with E-state index in [0.29, 0.717) is 11.5 Å². The minimum atomic E-state index is -0.186. The molecule has 0 unspecified atom stereocenters. The molecule has 2 aromatic carbocycles. The first-order chi connectivity index (χ1) is 16.8. The molecule has 1 aliphatic heterocycles. The second kappa shape index (κ2) is 11.0. The fraction of sp³-hybridized carbons (Fsp3) is 0.464. The highest BCUT2D eigenvalue weighted by Gasteiger charge is 2.26. The number of aryl methyl sites for hydroxylation is 2. The Kier molecular flexibility index (Phi) is 7.86. The van der Waals surface area contributed by atoms with Crippen molar-refractivity contribution in [3.63, 3.8) is 0 Å². The van der Waals surface area contributed by atoms with Gasteiger partial charge in [0.05, 0.1) is 13.2 Å². The van der Waals surface area contributed by atoms with Crippen LogP contribution < -0.4 is 10.1 Å². The number of nitrogens with one attached hydrogen (secondary N) is 1. The van der Waals surface area contributed by atoms with Gasteiger partial charge in [-0.2, -0.15) is 0 Å². The van der Waals surface area contributed by atoms with Crippen LogP contribution >= 0.6 is 0 Å². The van der Waals surface area contributed by atoms with Crippen LogP contribution in [-0.2, 0) is 19.5 Å². The fourth-order valence-electron chi connectivity index (χ4n) is 4.88. The van der Waals surface area contributed by atoms with Gasteiger partial charge in [0.2, 0.25) is 0 Å². The van der Waals surface area contributed by atoms with E-state index in [2.05, 4.69) is 57.0 Å². The number of amides is 1. The summed E-state index contributed by atoms with van der Waals surface area (Å²) in [4.78, 5) is 15.6. The average Bonchev–Trinajstić information content (AvgIpc) is 3.12. The lowest BCUT2D eigenvalue weighted by Crippen LogP contribution is -2.32. The molecule has 0 saturated heterocycles. The summed E-state index contributed by atoms with van der Waals surface area (Å²) in [7, 11) is 1.70. The highest BCUT2D eigenvalue weighted by molar-refractivity contribution is 5.94. The molecule has 3 aromatic rings. The summed E-state index contributed by atoms with van der Waals surface area (Å²) in [5, 5.41) is 12.4. The molecule has 7 nitrogen and oxygen atoms in total. The Labute approximate surface area is 208 Å². The van der Waals surface area contributed by atoms with E-state index in [0.717, 1.165) is 67.5 Å². The second-order valence-corrected chi connectivity index (χ2v) is 10.0. The van der Waals surface area contributed by atoms with Crippen LogP contribution in [0.3, 0.4) is 0 Å². The quantitative estimate of drug-likeness (QED) is 0.520. The van der Waals surface area contributed by atoms with Crippen molar-refractivity contribution in [3.05, 3.63) is 76.4 Å². The van der Waals surface area contributed by atoms with Gasteiger partial charge in [0.25, 0.3) is 5.91 Å². The maximum absolute atomic E-state index is 13.2. The molecule has 0 radical (unpaired) electrons. The minimum absolute atomic E-state index is 0.0620. The molecule has 1 amide bonds. The normalized spacial score (nSPS) is 14.9. The highest BCUT2D eigenvalue weighted by atomic mass is 16.5. The molecule has 2 heterocycles. The number of hydrogen-bond acceptors (Lipinski definition) is 5. The zero-order valence-corrected chi connectivity index (χ0v) is 21.5. The van der Waals surface area contributed by atoms with E-state index in [1.165, 1.54) is 5.56 Å². The van der Waals surface area contributed by atoms with Crippen LogP contribution in [0.25, 0.3) is 0 Å². The fourth-order valence-corrected chi connectivity index (χ4v) is 4.88. The lowest BCUT2D eigenvalue weighted by Gasteiger charge is -2.22. The highest BCUT2D eigenvalue weighted by Crippen LogP contribution is 2.24. The SMILES string of the molecule is COc1cccc(CN2CCc3nnc([C@@H](CC(C)C)NC(=O)c4cc(C)cc(C)c4)n3CC2)c1. The minimum Gasteiger partial charge on any atom is -0.497 e. The molecule has 0 saturated carbocycles. The Morgan fingerprint density at radius 2 is 1.83 bits per heavy atom. The molecule has 4 rings (SSSR count). The Balaban J connectivity index is 1.50. The molecule has 1 atom stereocenters. The van der Waals surface area contributed by atoms with E-state index in [9.17, 15) is 4.79 Å². The first kappa shape index (κ1) is 24.9. The smallest absolute Gasteiger partial charge is 0.251 e. The zero-order valence-electron chi connectivity index (χ0n) is 21.5. The van der Waals surface area contributed by atoms with Crippen LogP contribution in [0.1, 0.15) is 65.0 Å². The number of rotatable bonds is 8. The van der Waals surface area contributed by atoms with Crippen molar-refractivity contribution in [2.75, 3.05) is 20.2 Å². The molecular weight excluding hydrogens is 438 g/mol. The topological polar surface area (TPSA) is 72.3 Å². The number of carbonyl (C=O) groups excluding carboxylic acids is 1. The van der Waals surface area contributed by atoms with E-state index in [-0.39, 0.29) is 11.9 Å². The van der Waals surface area contributed by atoms with Crippen molar-refractivity contribution in [3.8, 4) is 5.75 Å². The number of benzene rings is 2. The van der Waals surface area contributed by atoms with Gasteiger partial charge in [-0.15, -0.1) is 10.2 Å². The van der Waals surface area contributed by atoms with Crippen LogP contribution in [0.15, 0.2) is 42.5 Å². The van der Waals surface area contributed by atoms with Crippen molar-refractivity contribution in [2.24, 2.45) is 5.92 Å². The summed E-state index contributed by atoms with van der Waals surface area (Å²) in [6, 6.07) is 14.0. The van der Waals surface area contributed by atoms with Gasteiger partial charge in [-0.1, -0.05) is 43.2 Å². The van der Waals surface area contributed by atoms with E-state index >= 15 is 0 Å². The van der Waals surface area contributed by atoms with Crippen LogP contribution in [0.5, 0.6) is 5.75 Å². The number of carbonyl (C=O) groups is 1. The molecule has 35 heavy (non-hydrogen) atoms. The van der Waals surface area contributed by atoms with E-state index in [1.807, 2.05) is 38.1 Å². The van der Waals surface area contributed by atoms with Crippen LogP contribution in [0.4, 0.5) is 0 Å². The van der Waals surface area contributed by atoms with Gasteiger partial charge < -0.3 is 14.6 Å². The maximum atomic E-state index is 13.2. The molecule has 1 aliphatic rings. The number of aromatic nitrogens is 3. The monoisotopic (exact) mass is 475 g/mol. The Morgan fingerprint density at radius 3 is 2.54 bits per heavy atom. The summed E-state index contributed by atoms with van der Waals surface area (Å²) in [6.07, 6.45) is 1.64. The molecule has 1 aromatic heterocycles. The first-order valence-corrected chi connectivity index (χ1v) is 12.5. The third-order valence-electron chi connectivity index (χ3n) is 6.50. The molecule has 0 bridgehead atoms. The van der Waals surface area contributed by atoms with Crippen molar-refractivity contribution < 1.29 is 9.53 Å². The molecule has 0 spiro atoms. The molecule has 0 aliphatic carbocycles. The molecule has 0 fully saturated rings. The van der Waals surface area contributed by atoms with Gasteiger partial charge in [-0.3, -0.25) is 9.69 Å². The van der Waals surface area contributed by atoms with Gasteiger partial charge in [0.1, 0.15) is 11.6 Å². The lowest BCUT2D eigenvalue weighted by atomic mass is 10.0. The maximum Gasteiger partial charge on any atom is 0.251 e. The predicted octanol–water partition coefficient (Wildman–Crippen LogP) is 4.48. The third-order valence-corrected chi connectivity index (χ3v) is 6.50. The Hall–Kier alpha value is -3.19. The number of ether oxygens (including phenoxy) is 1. The van der Waals surface area contributed by atoms with E-state index in [4.69, 9.17) is 4.74 Å². The number of fused-ring (bicyclic) bond motifs is 1. The van der Waals surface area contributed by atoms with E-state index in [1.54, 1.807) is 7.11 Å². The van der Waals surface area contributed by atoms with Crippen molar-refractivity contribution in [2.45, 2.75) is 59.7 Å². The zero-order chi connectivity index (χ0) is 24.9. The number of hydrogen-bond donors (Lipinski definition) is 1. The predicted molar refractivity (Wildman–Crippen MR) is 138 cm³/mol. The first-order valence-electron chi connectivity index (χ1n) is 12.5. The van der Waals surface area contributed by atoms with Crippen molar-refractivity contribution >= 4 is 5.91 Å². The standard InChI is InChI=1S/C28H37N5O2/c1-19(2)13-25(29-28(34)23-15-20(3)14-21(4)16-23)27-31-30-26-9-10-32(11-12-33(26)27)18-22-7-6-8-24(17-22)35-5/h6-8,14-17,19,25H,9-13,18H2,1-5H3,(H,29,34)/t25-/m1/s1. The Bertz CT molecular complexity index is 1150. The average molecular weight is 476 g/mol. The number of nitrogens with zero attached hydrogens (tertiary/aromatic N) is 4. The van der Waals surface area contributed by atoms with Gasteiger partial charge in [0, 0.05) is 38.2 Å². The largest absolute Gasteiger partial charge is 0.497 e. The van der Waals surface area contributed by atoms with Crippen LogP contribution in [0.2, 0.25) is 0 Å². The van der Waals surface area contributed by atoms with E-state index < -0.39 is 0 Å². The molecule has 1 N–H and O–H groups in total. The summed E-state index contributed by atoms with van der Waals surface area (Å²) in [6.45, 7) is 11.9. The molecule has 186 valence electrons. The summed E-state index contributed by atoms with van der Waals surface area (Å²) in [5.74, 6) is 3.07. The van der Waals surface area contributed by atoms with Gasteiger partial charge in [0.15, 0.2) is 5.82 Å². The third kappa shape index (κ3) is 6.28. The van der Waals surface area contributed by atoms with Gasteiger partial charge in [-0.25, -0.2) is 0 Å². The summed E-state index contributed by atoms with van der Waals surface area (Å²) >= 11 is 0. The summed E-state index contributed by atoms with van der Waals surface area (Å²) < 4.78 is 7.60. The number of methoxy groups -OCH3 is 1. The molecule has 7 heteroatoms. The second-order valence-electron chi connectivity index (χ2n) is 10.0. The van der Waals surface area contributed by atoms with Gasteiger partial charge >= 0.3 is 0 Å². The Morgan fingerprint density at radius 1 is 1.06 bits per heavy atom. The van der Waals surface area contributed by atoms with Crippen LogP contribution in [-0.4, -0.2) is 45.8 Å².